The number of hydrogen-bond donors (Lipinski definition) is 4. The van der Waals surface area contributed by atoms with E-state index in [1.807, 2.05) is 27.7 Å². The summed E-state index contributed by atoms with van der Waals surface area (Å²) >= 11 is 0. The molecule has 0 aliphatic carbocycles. The Morgan fingerprint density at radius 2 is 1.00 bits per heavy atom. The average Bonchev–Trinajstić information content (AvgIpc) is 2.55. The summed E-state index contributed by atoms with van der Waals surface area (Å²) in [4.78, 5) is 0. The fourth-order valence-corrected chi connectivity index (χ4v) is 2.99. The van der Waals surface area contributed by atoms with Gasteiger partial charge in [-0.25, -0.2) is 0 Å². The molecule has 0 saturated heterocycles. The Kier molecular flexibility index (Phi) is 6.78. The number of hydrogen-bond acceptors (Lipinski definition) is 4. The zero-order valence-corrected chi connectivity index (χ0v) is 15.1. The number of aliphatic hydroxyl groups is 4. The molecule has 1 aromatic carbocycles. The lowest BCUT2D eigenvalue weighted by Crippen LogP contribution is -2.31. The Morgan fingerprint density at radius 3 is 1.26 bits per heavy atom. The van der Waals surface area contributed by atoms with Gasteiger partial charge in [-0.3, -0.25) is 0 Å². The van der Waals surface area contributed by atoms with Crippen molar-refractivity contribution in [2.75, 3.05) is 26.4 Å². The Labute approximate surface area is 139 Å². The van der Waals surface area contributed by atoms with Crippen molar-refractivity contribution in [1.82, 2.24) is 0 Å². The molecule has 0 saturated carbocycles. The first-order chi connectivity index (χ1) is 10.6. The molecule has 0 heterocycles. The molecule has 0 amide bonds. The highest BCUT2D eigenvalue weighted by Gasteiger charge is 2.28. The number of aliphatic hydroxyl groups excluding tert-OH is 4. The van der Waals surface area contributed by atoms with E-state index >= 15 is 0 Å². The maximum Gasteiger partial charge on any atom is 0.0509 e. The molecule has 0 fully saturated rings. The van der Waals surface area contributed by atoms with Gasteiger partial charge in [-0.05, 0) is 61.4 Å². The molecule has 0 aromatic heterocycles. The molecule has 4 N–H and O–H groups in total. The fourth-order valence-electron chi connectivity index (χ4n) is 2.99. The quantitative estimate of drug-likeness (QED) is 0.586. The van der Waals surface area contributed by atoms with Gasteiger partial charge in [0.05, 0.1) is 26.4 Å². The molecule has 0 unspecified atom stereocenters. The van der Waals surface area contributed by atoms with Crippen LogP contribution < -0.4 is 0 Å². The van der Waals surface area contributed by atoms with Gasteiger partial charge in [-0.1, -0.05) is 19.9 Å². The topological polar surface area (TPSA) is 80.9 Å². The fraction of sp³-hybridized carbons (Fsp3) is 0.684. The van der Waals surface area contributed by atoms with Crippen molar-refractivity contribution in [3.05, 3.63) is 33.9 Å². The van der Waals surface area contributed by atoms with Crippen LogP contribution in [0.2, 0.25) is 0 Å². The number of rotatable bonds is 8. The van der Waals surface area contributed by atoms with Crippen LogP contribution in [0.3, 0.4) is 0 Å². The van der Waals surface area contributed by atoms with Crippen LogP contribution in [0.25, 0.3) is 0 Å². The molecule has 0 aliphatic rings. The van der Waals surface area contributed by atoms with Crippen molar-refractivity contribution in [3.8, 4) is 0 Å². The Bertz CT molecular complexity index is 484. The molecular formula is C19H32O4. The van der Waals surface area contributed by atoms with Crippen LogP contribution in [-0.2, 0) is 12.8 Å². The van der Waals surface area contributed by atoms with Gasteiger partial charge in [0.25, 0.3) is 0 Å². The van der Waals surface area contributed by atoms with Gasteiger partial charge in [0.1, 0.15) is 0 Å². The van der Waals surface area contributed by atoms with Gasteiger partial charge in [0, 0.05) is 10.8 Å². The highest BCUT2D eigenvalue weighted by molar-refractivity contribution is 5.45. The highest BCUT2D eigenvalue weighted by atomic mass is 16.3. The minimum absolute atomic E-state index is 0.0728. The highest BCUT2D eigenvalue weighted by Crippen LogP contribution is 2.32. The molecule has 0 spiro atoms. The van der Waals surface area contributed by atoms with Crippen molar-refractivity contribution in [2.45, 2.75) is 47.5 Å². The van der Waals surface area contributed by atoms with E-state index in [1.54, 1.807) is 0 Å². The molecule has 4 heteroatoms. The third-order valence-electron chi connectivity index (χ3n) is 5.02. The molecule has 0 bridgehead atoms. The Hall–Kier alpha value is -0.940. The number of benzene rings is 1. The monoisotopic (exact) mass is 324 g/mol. The van der Waals surface area contributed by atoms with Crippen molar-refractivity contribution in [2.24, 2.45) is 10.8 Å². The second kappa shape index (κ2) is 7.75. The minimum atomic E-state index is -0.556. The largest absolute Gasteiger partial charge is 0.396 e. The maximum absolute atomic E-state index is 9.59. The smallest absolute Gasteiger partial charge is 0.0509 e. The van der Waals surface area contributed by atoms with Crippen LogP contribution in [0.1, 0.15) is 41.7 Å². The van der Waals surface area contributed by atoms with E-state index in [2.05, 4.69) is 13.0 Å². The van der Waals surface area contributed by atoms with E-state index < -0.39 is 10.8 Å². The van der Waals surface area contributed by atoms with Crippen LogP contribution in [0.5, 0.6) is 0 Å². The SMILES string of the molecule is Cc1cc(C)c(CC(C)(CO)CO)c(C)c1CC(C)(CO)CO. The average molecular weight is 324 g/mol. The van der Waals surface area contributed by atoms with Crippen molar-refractivity contribution in [1.29, 1.82) is 0 Å². The zero-order chi connectivity index (χ0) is 17.8. The minimum Gasteiger partial charge on any atom is -0.396 e. The summed E-state index contributed by atoms with van der Waals surface area (Å²) in [5.74, 6) is 0. The second-order valence-corrected chi connectivity index (χ2v) is 7.70. The second-order valence-electron chi connectivity index (χ2n) is 7.70. The van der Waals surface area contributed by atoms with Crippen molar-refractivity contribution in [3.63, 3.8) is 0 Å². The molecule has 23 heavy (non-hydrogen) atoms. The summed E-state index contributed by atoms with van der Waals surface area (Å²) in [6.07, 6.45) is 1.19. The first-order valence-electron chi connectivity index (χ1n) is 8.17. The normalized spacial score (nSPS) is 12.7. The van der Waals surface area contributed by atoms with Gasteiger partial charge in [-0.2, -0.15) is 0 Å². The molecule has 1 aromatic rings. The van der Waals surface area contributed by atoms with E-state index in [0.717, 1.165) is 27.8 Å². The van der Waals surface area contributed by atoms with E-state index in [-0.39, 0.29) is 26.4 Å². The van der Waals surface area contributed by atoms with Crippen molar-refractivity contribution < 1.29 is 20.4 Å². The van der Waals surface area contributed by atoms with E-state index in [0.29, 0.717) is 12.8 Å². The summed E-state index contributed by atoms with van der Waals surface area (Å²) in [6.45, 7) is 9.60. The summed E-state index contributed by atoms with van der Waals surface area (Å²) < 4.78 is 0. The van der Waals surface area contributed by atoms with E-state index in [4.69, 9.17) is 0 Å². The lowest BCUT2D eigenvalue weighted by atomic mass is 9.77. The molecule has 0 atom stereocenters. The van der Waals surface area contributed by atoms with E-state index in [9.17, 15) is 20.4 Å². The van der Waals surface area contributed by atoms with Gasteiger partial charge in [0.2, 0.25) is 0 Å². The summed E-state index contributed by atoms with van der Waals surface area (Å²) in [5, 5.41) is 38.4. The molecule has 0 radical (unpaired) electrons. The first-order valence-corrected chi connectivity index (χ1v) is 8.17. The lowest BCUT2D eigenvalue weighted by molar-refractivity contribution is 0.0688. The summed E-state index contributed by atoms with van der Waals surface area (Å²) in [7, 11) is 0. The molecule has 132 valence electrons. The van der Waals surface area contributed by atoms with Gasteiger partial charge in [-0.15, -0.1) is 0 Å². The van der Waals surface area contributed by atoms with Gasteiger partial charge in [0.15, 0.2) is 0 Å². The standard InChI is InChI=1S/C19H32O4/c1-13-6-14(2)17(8-19(5,11-22)12-23)15(3)16(13)7-18(4,9-20)10-21/h6,20-23H,7-12H2,1-5H3. The van der Waals surface area contributed by atoms with Crippen LogP contribution in [0.15, 0.2) is 6.07 Å². The van der Waals surface area contributed by atoms with Crippen LogP contribution in [-0.4, -0.2) is 46.9 Å². The Morgan fingerprint density at radius 1 is 0.696 bits per heavy atom. The maximum atomic E-state index is 9.59. The summed E-state index contributed by atoms with van der Waals surface area (Å²) in [5.41, 5.74) is 4.57. The molecule has 1 rings (SSSR count). The predicted octanol–water partition coefficient (Wildman–Crippen LogP) is 1.68. The summed E-state index contributed by atoms with van der Waals surface area (Å²) in [6, 6.07) is 2.11. The number of aryl methyl sites for hydroxylation is 2. The molecule has 0 aliphatic heterocycles. The van der Waals surface area contributed by atoms with E-state index in [1.165, 1.54) is 0 Å². The van der Waals surface area contributed by atoms with Gasteiger partial charge >= 0.3 is 0 Å². The van der Waals surface area contributed by atoms with Crippen LogP contribution in [0, 0.1) is 31.6 Å². The molecular weight excluding hydrogens is 292 g/mol. The van der Waals surface area contributed by atoms with Crippen LogP contribution >= 0.6 is 0 Å². The predicted molar refractivity (Wildman–Crippen MR) is 92.6 cm³/mol. The molecule has 4 nitrogen and oxygen atoms in total. The Balaban J connectivity index is 3.32. The first kappa shape index (κ1) is 20.1. The van der Waals surface area contributed by atoms with Gasteiger partial charge < -0.3 is 20.4 Å². The third kappa shape index (κ3) is 4.54. The van der Waals surface area contributed by atoms with Crippen molar-refractivity contribution >= 4 is 0 Å². The zero-order valence-electron chi connectivity index (χ0n) is 15.1. The lowest BCUT2D eigenvalue weighted by Gasteiger charge is -2.30. The van der Waals surface area contributed by atoms with Crippen LogP contribution in [0.4, 0.5) is 0 Å². The third-order valence-corrected chi connectivity index (χ3v) is 5.02.